The third-order valence-corrected chi connectivity index (χ3v) is 6.82. The monoisotopic (exact) mass is 493 g/mol. The Morgan fingerprint density at radius 2 is 1.57 bits per heavy atom. The highest BCUT2D eigenvalue weighted by Crippen LogP contribution is 2.30. The van der Waals surface area contributed by atoms with Crippen molar-refractivity contribution in [2.75, 3.05) is 24.5 Å². The summed E-state index contributed by atoms with van der Waals surface area (Å²) < 4.78 is 1.87. The molecule has 0 saturated carbocycles. The van der Waals surface area contributed by atoms with Crippen LogP contribution in [0.25, 0.3) is 5.69 Å². The number of carbonyl (C=O) groups is 2. The minimum atomic E-state index is -0.593. The van der Waals surface area contributed by atoms with Gasteiger partial charge in [0.15, 0.2) is 0 Å². The zero-order chi connectivity index (χ0) is 25.8. The first-order valence-corrected chi connectivity index (χ1v) is 12.6. The SMILES string of the molecule is Cc1nn(-c2ccccc2)c(C)c1C1C(=O)NCCN1CC(=O)N(Cc1ccccc1)c1ccccc1. The third-order valence-electron chi connectivity index (χ3n) is 6.82. The van der Waals surface area contributed by atoms with Crippen molar-refractivity contribution in [2.45, 2.75) is 26.4 Å². The lowest BCUT2D eigenvalue weighted by Crippen LogP contribution is -2.53. The Bertz CT molecular complexity index is 1370. The van der Waals surface area contributed by atoms with E-state index in [-0.39, 0.29) is 18.4 Å². The molecule has 1 atom stereocenters. The van der Waals surface area contributed by atoms with Crippen LogP contribution in [-0.2, 0) is 16.1 Å². The van der Waals surface area contributed by atoms with Gasteiger partial charge in [-0.1, -0.05) is 66.7 Å². The van der Waals surface area contributed by atoms with Gasteiger partial charge in [-0.05, 0) is 43.7 Å². The standard InChI is InChI=1S/C30H31N5O2/c1-22-28(23(2)35(32-22)26-16-10-5-11-17-26)29-30(37)31-18-19-33(29)21-27(36)34(25-14-8-4-9-15-25)20-24-12-6-3-7-13-24/h3-17,29H,18-21H2,1-2H3,(H,31,37). The van der Waals surface area contributed by atoms with E-state index < -0.39 is 6.04 Å². The summed E-state index contributed by atoms with van der Waals surface area (Å²) in [6, 6.07) is 28.9. The number of amides is 2. The summed E-state index contributed by atoms with van der Waals surface area (Å²) in [6.07, 6.45) is 0. The summed E-state index contributed by atoms with van der Waals surface area (Å²) in [5.74, 6) is -0.160. The second kappa shape index (κ2) is 10.8. The fourth-order valence-electron chi connectivity index (χ4n) is 5.03. The predicted octanol–water partition coefficient (Wildman–Crippen LogP) is 4.20. The summed E-state index contributed by atoms with van der Waals surface area (Å²) >= 11 is 0. The summed E-state index contributed by atoms with van der Waals surface area (Å²) in [6.45, 7) is 5.56. The lowest BCUT2D eigenvalue weighted by Gasteiger charge is -2.36. The van der Waals surface area contributed by atoms with Gasteiger partial charge in [0.1, 0.15) is 6.04 Å². The molecule has 0 bridgehead atoms. The van der Waals surface area contributed by atoms with E-state index in [2.05, 4.69) is 5.32 Å². The van der Waals surface area contributed by atoms with Crippen molar-refractivity contribution in [1.29, 1.82) is 0 Å². The first-order chi connectivity index (χ1) is 18.0. The lowest BCUT2D eigenvalue weighted by atomic mass is 10.00. The molecular weight excluding hydrogens is 462 g/mol. The van der Waals surface area contributed by atoms with Crippen LogP contribution in [-0.4, -0.2) is 46.1 Å². The van der Waals surface area contributed by atoms with Gasteiger partial charge in [-0.15, -0.1) is 0 Å². The number of aromatic nitrogens is 2. The number of hydrogen-bond donors (Lipinski definition) is 1. The number of para-hydroxylation sites is 2. The number of aryl methyl sites for hydroxylation is 1. The smallest absolute Gasteiger partial charge is 0.242 e. The zero-order valence-corrected chi connectivity index (χ0v) is 21.2. The van der Waals surface area contributed by atoms with E-state index >= 15 is 0 Å². The van der Waals surface area contributed by atoms with Crippen molar-refractivity contribution in [3.8, 4) is 5.69 Å². The summed E-state index contributed by atoms with van der Waals surface area (Å²) in [5, 5.41) is 7.75. The highest BCUT2D eigenvalue weighted by atomic mass is 16.2. The van der Waals surface area contributed by atoms with Crippen LogP contribution in [0, 0.1) is 13.8 Å². The molecule has 1 aromatic heterocycles. The van der Waals surface area contributed by atoms with Crippen LogP contribution in [0.5, 0.6) is 0 Å². The quantitative estimate of drug-likeness (QED) is 0.419. The van der Waals surface area contributed by atoms with Gasteiger partial charge in [0.05, 0.1) is 24.5 Å². The molecule has 3 aromatic carbocycles. The highest BCUT2D eigenvalue weighted by molar-refractivity contribution is 5.95. The Balaban J connectivity index is 1.46. The Labute approximate surface area is 217 Å². The van der Waals surface area contributed by atoms with E-state index in [0.29, 0.717) is 19.6 Å². The lowest BCUT2D eigenvalue weighted by molar-refractivity contribution is -0.131. The molecule has 1 aliphatic heterocycles. The molecule has 7 nitrogen and oxygen atoms in total. The minimum Gasteiger partial charge on any atom is -0.353 e. The molecule has 2 amide bonds. The van der Waals surface area contributed by atoms with Crippen LogP contribution in [0.2, 0.25) is 0 Å². The largest absolute Gasteiger partial charge is 0.353 e. The number of nitrogens with one attached hydrogen (secondary N) is 1. The topological polar surface area (TPSA) is 70.5 Å². The summed E-state index contributed by atoms with van der Waals surface area (Å²) in [5.41, 5.74) is 5.34. The molecule has 1 unspecified atom stereocenters. The van der Waals surface area contributed by atoms with Crippen LogP contribution in [0.1, 0.15) is 28.6 Å². The van der Waals surface area contributed by atoms with E-state index in [9.17, 15) is 9.59 Å². The molecule has 1 saturated heterocycles. The summed E-state index contributed by atoms with van der Waals surface area (Å²) in [7, 11) is 0. The average molecular weight is 494 g/mol. The average Bonchev–Trinajstić information content (AvgIpc) is 3.22. The Morgan fingerprint density at radius 3 is 2.24 bits per heavy atom. The van der Waals surface area contributed by atoms with Gasteiger partial charge in [0, 0.05) is 30.0 Å². The number of anilines is 1. The number of nitrogens with zero attached hydrogens (tertiary/aromatic N) is 4. The van der Waals surface area contributed by atoms with Crippen molar-refractivity contribution in [1.82, 2.24) is 20.0 Å². The molecule has 1 N–H and O–H groups in total. The van der Waals surface area contributed by atoms with Gasteiger partial charge < -0.3 is 10.2 Å². The molecule has 0 spiro atoms. The number of piperazine rings is 1. The number of benzene rings is 3. The predicted molar refractivity (Wildman–Crippen MR) is 144 cm³/mol. The maximum atomic E-state index is 13.8. The molecule has 37 heavy (non-hydrogen) atoms. The third kappa shape index (κ3) is 5.17. The second-order valence-corrected chi connectivity index (χ2v) is 9.30. The van der Waals surface area contributed by atoms with Crippen LogP contribution in [0.15, 0.2) is 91.0 Å². The zero-order valence-electron chi connectivity index (χ0n) is 21.2. The van der Waals surface area contributed by atoms with E-state index in [0.717, 1.165) is 33.9 Å². The fourth-order valence-corrected chi connectivity index (χ4v) is 5.03. The van der Waals surface area contributed by atoms with Gasteiger partial charge in [-0.3, -0.25) is 14.5 Å². The second-order valence-electron chi connectivity index (χ2n) is 9.30. The van der Waals surface area contributed by atoms with Gasteiger partial charge in [-0.2, -0.15) is 5.10 Å². The van der Waals surface area contributed by atoms with E-state index in [1.165, 1.54) is 0 Å². The highest BCUT2D eigenvalue weighted by Gasteiger charge is 2.37. The molecule has 0 aliphatic carbocycles. The van der Waals surface area contributed by atoms with Crippen LogP contribution >= 0.6 is 0 Å². The number of rotatable bonds is 7. The molecule has 1 aliphatic rings. The number of hydrogen-bond acceptors (Lipinski definition) is 4. The van der Waals surface area contributed by atoms with E-state index in [1.54, 1.807) is 4.90 Å². The van der Waals surface area contributed by atoms with Gasteiger partial charge >= 0.3 is 0 Å². The van der Waals surface area contributed by atoms with Gasteiger partial charge in [0.25, 0.3) is 0 Å². The van der Waals surface area contributed by atoms with Crippen molar-refractivity contribution in [2.24, 2.45) is 0 Å². The molecule has 0 radical (unpaired) electrons. The van der Waals surface area contributed by atoms with Crippen molar-refractivity contribution < 1.29 is 9.59 Å². The molecule has 2 heterocycles. The number of carbonyl (C=O) groups excluding carboxylic acids is 2. The fraction of sp³-hybridized carbons (Fsp3) is 0.233. The van der Waals surface area contributed by atoms with Crippen molar-refractivity contribution >= 4 is 17.5 Å². The molecule has 1 fully saturated rings. The van der Waals surface area contributed by atoms with E-state index in [1.807, 2.05) is 114 Å². The first-order valence-electron chi connectivity index (χ1n) is 12.6. The van der Waals surface area contributed by atoms with Gasteiger partial charge in [0.2, 0.25) is 11.8 Å². The van der Waals surface area contributed by atoms with Gasteiger partial charge in [-0.25, -0.2) is 4.68 Å². The first kappa shape index (κ1) is 24.5. The maximum absolute atomic E-state index is 13.8. The van der Waals surface area contributed by atoms with Crippen molar-refractivity contribution in [3.05, 3.63) is 114 Å². The van der Waals surface area contributed by atoms with Crippen LogP contribution < -0.4 is 10.2 Å². The Kier molecular flexibility index (Phi) is 7.14. The normalized spacial score (nSPS) is 15.8. The molecule has 4 aromatic rings. The molecule has 5 rings (SSSR count). The molecule has 7 heteroatoms. The Hall–Kier alpha value is -4.23. The Morgan fingerprint density at radius 1 is 0.946 bits per heavy atom. The maximum Gasteiger partial charge on any atom is 0.242 e. The van der Waals surface area contributed by atoms with Crippen molar-refractivity contribution in [3.63, 3.8) is 0 Å². The summed E-state index contributed by atoms with van der Waals surface area (Å²) in [4.78, 5) is 30.9. The minimum absolute atomic E-state index is 0.0551. The van der Waals surface area contributed by atoms with Crippen LogP contribution in [0.3, 0.4) is 0 Å². The molecular formula is C30H31N5O2. The van der Waals surface area contributed by atoms with Crippen LogP contribution in [0.4, 0.5) is 5.69 Å². The van der Waals surface area contributed by atoms with E-state index in [4.69, 9.17) is 5.10 Å². The molecule has 188 valence electrons.